The first-order valence-corrected chi connectivity index (χ1v) is 6.12. The van der Waals surface area contributed by atoms with Crippen molar-refractivity contribution < 1.29 is 18.0 Å². The van der Waals surface area contributed by atoms with E-state index in [1.807, 2.05) is 0 Å². The number of aromatic nitrogens is 1. The predicted octanol–water partition coefficient (Wildman–Crippen LogP) is 2.92. The monoisotopic (exact) mass is 295 g/mol. The Hall–Kier alpha value is -2.36. The maximum atomic E-state index is 12.7. The number of hydrogen-bond acceptors (Lipinski definition) is 4. The minimum Gasteiger partial charge on any atom is -0.331 e. The van der Waals surface area contributed by atoms with Gasteiger partial charge >= 0.3 is 6.18 Å². The van der Waals surface area contributed by atoms with E-state index in [9.17, 15) is 18.0 Å². The van der Waals surface area contributed by atoms with E-state index in [-0.39, 0.29) is 23.7 Å². The van der Waals surface area contributed by atoms with Gasteiger partial charge in [-0.2, -0.15) is 18.4 Å². The lowest BCUT2D eigenvalue weighted by molar-refractivity contribution is -0.137. The number of pyridine rings is 1. The first kappa shape index (κ1) is 15.0. The zero-order valence-corrected chi connectivity index (χ0v) is 11.4. The van der Waals surface area contributed by atoms with E-state index in [1.54, 1.807) is 19.9 Å². The van der Waals surface area contributed by atoms with Crippen molar-refractivity contribution in [2.24, 2.45) is 5.41 Å². The molecule has 7 heteroatoms. The Bertz CT molecular complexity index is 656. The minimum absolute atomic E-state index is 0.0538. The summed E-state index contributed by atoms with van der Waals surface area (Å²) in [6.07, 6.45) is -2.17. The van der Waals surface area contributed by atoms with Crippen molar-refractivity contribution in [1.82, 2.24) is 4.98 Å². The van der Waals surface area contributed by atoms with Crippen molar-refractivity contribution in [1.29, 1.82) is 5.26 Å². The molecule has 0 amide bonds. The Balaban J connectivity index is 2.46. The van der Waals surface area contributed by atoms with Gasteiger partial charge in [0, 0.05) is 24.4 Å². The molecule has 0 atom stereocenters. The Morgan fingerprint density at radius 1 is 1.43 bits per heavy atom. The Morgan fingerprint density at radius 2 is 2.10 bits per heavy atom. The molecular weight excluding hydrogens is 283 g/mol. The van der Waals surface area contributed by atoms with Crippen LogP contribution < -0.4 is 4.90 Å². The number of rotatable bonds is 1. The number of alkyl halides is 3. The minimum atomic E-state index is -4.47. The third-order valence-corrected chi connectivity index (χ3v) is 3.20. The second-order valence-electron chi connectivity index (χ2n) is 5.40. The lowest BCUT2D eigenvalue weighted by atomic mass is 9.82. The lowest BCUT2D eigenvalue weighted by Crippen LogP contribution is -2.42. The van der Waals surface area contributed by atoms with Crippen LogP contribution in [0.4, 0.5) is 19.0 Å². The van der Waals surface area contributed by atoms with Crippen molar-refractivity contribution >= 4 is 11.6 Å². The maximum Gasteiger partial charge on any atom is 0.416 e. The molecule has 110 valence electrons. The van der Waals surface area contributed by atoms with Crippen molar-refractivity contribution in [2.75, 3.05) is 11.4 Å². The van der Waals surface area contributed by atoms with E-state index in [0.717, 1.165) is 18.3 Å². The van der Waals surface area contributed by atoms with Crippen LogP contribution in [-0.4, -0.2) is 17.3 Å². The summed E-state index contributed by atoms with van der Waals surface area (Å²) in [7, 11) is 0. The highest BCUT2D eigenvalue weighted by Crippen LogP contribution is 2.34. The van der Waals surface area contributed by atoms with E-state index >= 15 is 0 Å². The number of carbonyl (C=O) groups is 1. The summed E-state index contributed by atoms with van der Waals surface area (Å²) in [4.78, 5) is 17.3. The molecule has 0 aromatic carbocycles. The number of allylic oxidation sites excluding steroid dienone is 1. The SMILES string of the molecule is CC1(C)CN(c2cc(C(F)(F)F)ccn2)C=C(C#N)C1=O. The third kappa shape index (κ3) is 2.89. The maximum absolute atomic E-state index is 12.7. The Kier molecular flexibility index (Phi) is 3.49. The topological polar surface area (TPSA) is 57.0 Å². The second kappa shape index (κ2) is 4.88. The summed E-state index contributed by atoms with van der Waals surface area (Å²) in [6, 6.07) is 3.55. The summed E-state index contributed by atoms with van der Waals surface area (Å²) < 4.78 is 38.2. The fourth-order valence-corrected chi connectivity index (χ4v) is 2.10. The van der Waals surface area contributed by atoms with Crippen molar-refractivity contribution in [3.05, 3.63) is 35.7 Å². The van der Waals surface area contributed by atoms with Crippen LogP contribution in [0.5, 0.6) is 0 Å². The summed E-state index contributed by atoms with van der Waals surface area (Å²) >= 11 is 0. The third-order valence-electron chi connectivity index (χ3n) is 3.20. The number of nitrogens with zero attached hydrogens (tertiary/aromatic N) is 3. The van der Waals surface area contributed by atoms with Gasteiger partial charge < -0.3 is 4.90 Å². The van der Waals surface area contributed by atoms with Crippen LogP contribution >= 0.6 is 0 Å². The van der Waals surface area contributed by atoms with Crippen LogP contribution in [0, 0.1) is 16.7 Å². The van der Waals surface area contributed by atoms with Crippen LogP contribution in [-0.2, 0) is 11.0 Å². The summed E-state index contributed by atoms with van der Waals surface area (Å²) in [5, 5.41) is 8.98. The van der Waals surface area contributed by atoms with Gasteiger partial charge in [-0.15, -0.1) is 0 Å². The van der Waals surface area contributed by atoms with Gasteiger partial charge in [-0.25, -0.2) is 4.98 Å². The van der Waals surface area contributed by atoms with Gasteiger partial charge in [0.2, 0.25) is 0 Å². The van der Waals surface area contributed by atoms with Crippen molar-refractivity contribution in [3.63, 3.8) is 0 Å². The standard InChI is InChI=1S/C14H12F3N3O/c1-13(2)8-20(7-9(6-18)12(13)21)11-5-10(3-4-19-11)14(15,16)17/h3-5,7H,8H2,1-2H3. The van der Waals surface area contributed by atoms with Crippen LogP contribution in [0.3, 0.4) is 0 Å². The van der Waals surface area contributed by atoms with E-state index in [0.29, 0.717) is 0 Å². The molecule has 0 aliphatic carbocycles. The van der Waals surface area contributed by atoms with E-state index in [4.69, 9.17) is 5.26 Å². The average Bonchev–Trinajstić information content (AvgIpc) is 2.41. The molecule has 0 bridgehead atoms. The summed E-state index contributed by atoms with van der Waals surface area (Å²) in [5.41, 5.74) is -1.78. The quantitative estimate of drug-likeness (QED) is 0.799. The van der Waals surface area contributed by atoms with E-state index in [1.165, 1.54) is 11.1 Å². The molecule has 1 aromatic heterocycles. The largest absolute Gasteiger partial charge is 0.416 e. The average molecular weight is 295 g/mol. The van der Waals surface area contributed by atoms with Crippen LogP contribution in [0.15, 0.2) is 30.1 Å². The molecule has 1 aliphatic rings. The Morgan fingerprint density at radius 3 is 2.67 bits per heavy atom. The number of ketones is 1. The molecule has 2 rings (SSSR count). The number of anilines is 1. The summed E-state index contributed by atoms with van der Waals surface area (Å²) in [6.45, 7) is 3.44. The van der Waals surface area contributed by atoms with Gasteiger partial charge in [0.25, 0.3) is 0 Å². The number of Topliss-reactive ketones (excluding diaryl/α,β-unsaturated/α-hetero) is 1. The number of hydrogen-bond donors (Lipinski definition) is 0. The number of halogens is 3. The zero-order chi connectivity index (χ0) is 15.8. The van der Waals surface area contributed by atoms with Crippen LogP contribution in [0.1, 0.15) is 19.4 Å². The molecule has 0 saturated carbocycles. The first-order valence-electron chi connectivity index (χ1n) is 6.12. The molecule has 1 aliphatic heterocycles. The second-order valence-corrected chi connectivity index (χ2v) is 5.40. The first-order chi connectivity index (χ1) is 9.65. The molecule has 0 unspecified atom stereocenters. The fraction of sp³-hybridized carbons (Fsp3) is 0.357. The number of nitriles is 1. The molecule has 1 aromatic rings. The van der Waals surface area contributed by atoms with Gasteiger partial charge in [-0.1, -0.05) is 13.8 Å². The molecular formula is C14H12F3N3O. The van der Waals surface area contributed by atoms with Crippen molar-refractivity contribution in [2.45, 2.75) is 20.0 Å². The molecule has 4 nitrogen and oxygen atoms in total. The molecule has 0 fully saturated rings. The van der Waals surface area contributed by atoms with Gasteiger partial charge in [0.05, 0.1) is 5.56 Å². The predicted molar refractivity (Wildman–Crippen MR) is 69.1 cm³/mol. The smallest absolute Gasteiger partial charge is 0.331 e. The normalized spacial score (nSPS) is 18.2. The molecule has 0 radical (unpaired) electrons. The van der Waals surface area contributed by atoms with E-state index in [2.05, 4.69) is 4.98 Å². The van der Waals surface area contributed by atoms with Gasteiger partial charge in [0.15, 0.2) is 5.78 Å². The van der Waals surface area contributed by atoms with Gasteiger partial charge in [0.1, 0.15) is 17.5 Å². The van der Waals surface area contributed by atoms with Gasteiger partial charge in [-0.05, 0) is 12.1 Å². The highest BCUT2D eigenvalue weighted by Gasteiger charge is 2.37. The zero-order valence-electron chi connectivity index (χ0n) is 11.4. The fourth-order valence-electron chi connectivity index (χ4n) is 2.10. The van der Waals surface area contributed by atoms with Crippen molar-refractivity contribution in [3.8, 4) is 6.07 Å². The molecule has 21 heavy (non-hydrogen) atoms. The number of carbonyl (C=O) groups excluding carboxylic acids is 1. The molecule has 0 N–H and O–H groups in total. The van der Waals surface area contributed by atoms with Crippen LogP contribution in [0.25, 0.3) is 0 Å². The highest BCUT2D eigenvalue weighted by atomic mass is 19.4. The molecule has 2 heterocycles. The van der Waals surface area contributed by atoms with E-state index < -0.39 is 17.2 Å². The molecule has 0 spiro atoms. The van der Waals surface area contributed by atoms with Gasteiger partial charge in [-0.3, -0.25) is 4.79 Å². The Labute approximate surface area is 119 Å². The summed E-state index contributed by atoms with van der Waals surface area (Å²) in [5.74, 6) is -0.272. The van der Waals surface area contributed by atoms with Crippen LogP contribution in [0.2, 0.25) is 0 Å². The highest BCUT2D eigenvalue weighted by molar-refractivity contribution is 6.04. The molecule has 0 saturated heterocycles. The lowest BCUT2D eigenvalue weighted by Gasteiger charge is -2.34.